The van der Waals surface area contributed by atoms with E-state index in [1.807, 2.05) is 30.0 Å². The number of fused-ring (bicyclic) bond motifs is 3. The van der Waals surface area contributed by atoms with E-state index in [9.17, 15) is 24.3 Å². The number of Topliss-reactive ketones (excluding diaryl/α,β-unsaturated/α-hetero) is 2. The van der Waals surface area contributed by atoms with Crippen LogP contribution in [0.4, 0.5) is 0 Å². The number of rotatable bonds is 7. The molecule has 4 aliphatic rings. The number of nitrogens with one attached hydrogen (secondary N) is 1. The standard InChI is InChI=1S/C21H14O4.C12H19NO2S/c1-12(22)15-4-2-3-5-16(15)21-17-8-6-13(23)10-19(17)25-20-11-14(24)7-9-18(20)21;1-8(14)4-2-3-5-9-6-10-11(16-9)7-12(15)13-10/h2-11,23H,1H3;9-11H,2-7H2,1H3,(H,13,15). The average Bonchev–Trinajstić information content (AvgIpc) is 3.46. The molecule has 2 N–H and O–H groups in total. The topological polar surface area (TPSA) is 114 Å². The van der Waals surface area contributed by atoms with Gasteiger partial charge in [-0.1, -0.05) is 30.7 Å². The van der Waals surface area contributed by atoms with Gasteiger partial charge in [0.15, 0.2) is 11.2 Å². The Morgan fingerprint density at radius 3 is 2.56 bits per heavy atom. The maximum atomic E-state index is 12.1. The van der Waals surface area contributed by atoms with Gasteiger partial charge in [0.05, 0.1) is 0 Å². The summed E-state index contributed by atoms with van der Waals surface area (Å²) >= 11 is 1.98. The number of phenolic OH excluding ortho intramolecular Hbond substituents is 1. The van der Waals surface area contributed by atoms with Crippen molar-refractivity contribution in [2.45, 2.75) is 68.9 Å². The highest BCUT2D eigenvalue weighted by atomic mass is 32.2. The zero-order valence-corrected chi connectivity index (χ0v) is 24.0. The van der Waals surface area contributed by atoms with Crippen LogP contribution in [-0.2, 0) is 9.59 Å². The molecule has 2 fully saturated rings. The first-order valence-corrected chi connectivity index (χ1v) is 14.9. The third-order valence-corrected chi connectivity index (χ3v) is 9.28. The van der Waals surface area contributed by atoms with Crippen LogP contribution < -0.4 is 10.7 Å². The number of thioether (sulfide) groups is 1. The fourth-order valence-electron chi connectivity index (χ4n) is 5.71. The summed E-state index contributed by atoms with van der Waals surface area (Å²) in [6, 6.07) is 17.2. The van der Waals surface area contributed by atoms with E-state index in [0.29, 0.717) is 45.7 Å². The highest BCUT2D eigenvalue weighted by Gasteiger charge is 2.41. The van der Waals surface area contributed by atoms with Gasteiger partial charge in [-0.25, -0.2) is 0 Å². The van der Waals surface area contributed by atoms with Gasteiger partial charge in [-0.15, -0.1) is 0 Å². The first-order valence-electron chi connectivity index (χ1n) is 13.9. The number of carbonyl (C=O) groups excluding carboxylic acids is 3. The van der Waals surface area contributed by atoms with Gasteiger partial charge >= 0.3 is 0 Å². The second kappa shape index (κ2) is 12.3. The molecule has 1 amide bonds. The fourth-order valence-corrected chi connectivity index (χ4v) is 7.44. The Kier molecular flexibility index (Phi) is 8.59. The van der Waals surface area contributed by atoms with Crippen LogP contribution in [0.25, 0.3) is 33.4 Å². The molecule has 212 valence electrons. The molecule has 2 saturated heterocycles. The lowest BCUT2D eigenvalue weighted by Gasteiger charge is -2.16. The van der Waals surface area contributed by atoms with E-state index in [1.54, 1.807) is 31.2 Å². The molecule has 2 aromatic carbocycles. The molecule has 7 nitrogen and oxygen atoms in total. The third-order valence-electron chi connectivity index (χ3n) is 7.62. The van der Waals surface area contributed by atoms with Gasteiger partial charge < -0.3 is 19.6 Å². The van der Waals surface area contributed by atoms with Crippen LogP contribution in [-0.4, -0.2) is 39.1 Å². The van der Waals surface area contributed by atoms with E-state index >= 15 is 0 Å². The Morgan fingerprint density at radius 2 is 1.80 bits per heavy atom. The van der Waals surface area contributed by atoms with E-state index in [2.05, 4.69) is 5.32 Å². The minimum absolute atomic E-state index is 0.0445. The number of unbranched alkanes of at least 4 members (excludes halogenated alkanes) is 1. The van der Waals surface area contributed by atoms with Crippen molar-refractivity contribution in [1.82, 2.24) is 5.32 Å². The van der Waals surface area contributed by atoms with Crippen molar-refractivity contribution in [2.75, 3.05) is 0 Å². The van der Waals surface area contributed by atoms with Crippen LogP contribution >= 0.6 is 11.8 Å². The molecule has 6 rings (SSSR count). The first-order chi connectivity index (χ1) is 19.7. The summed E-state index contributed by atoms with van der Waals surface area (Å²) in [6.45, 7) is 3.18. The van der Waals surface area contributed by atoms with E-state index in [4.69, 9.17) is 4.42 Å². The fraction of sp³-hybridized carbons (Fsp3) is 0.333. The number of phenols is 1. The van der Waals surface area contributed by atoms with E-state index < -0.39 is 0 Å². The van der Waals surface area contributed by atoms with Crippen LogP contribution in [0.3, 0.4) is 0 Å². The minimum atomic E-state index is -0.165. The number of aromatic hydroxyl groups is 1. The zero-order valence-electron chi connectivity index (χ0n) is 23.1. The molecule has 41 heavy (non-hydrogen) atoms. The van der Waals surface area contributed by atoms with Crippen LogP contribution in [0.15, 0.2) is 69.9 Å². The molecule has 0 aromatic heterocycles. The summed E-state index contributed by atoms with van der Waals surface area (Å²) in [7, 11) is 0. The van der Waals surface area contributed by atoms with Gasteiger partial charge in [0.1, 0.15) is 22.9 Å². The summed E-state index contributed by atoms with van der Waals surface area (Å²) in [5, 5.41) is 14.8. The molecule has 0 bridgehead atoms. The van der Waals surface area contributed by atoms with E-state index in [-0.39, 0.29) is 22.9 Å². The number of benzene rings is 3. The number of carbonyl (C=O) groups is 3. The van der Waals surface area contributed by atoms with Crippen LogP contribution in [0.1, 0.15) is 62.7 Å². The normalized spacial score (nSPS) is 19.5. The zero-order chi connectivity index (χ0) is 29.1. The van der Waals surface area contributed by atoms with Crippen molar-refractivity contribution in [3.8, 4) is 28.2 Å². The Labute approximate surface area is 242 Å². The van der Waals surface area contributed by atoms with Gasteiger partial charge in [-0.3, -0.25) is 14.4 Å². The van der Waals surface area contributed by atoms with E-state index in [1.165, 1.54) is 31.5 Å². The van der Waals surface area contributed by atoms with E-state index in [0.717, 1.165) is 47.8 Å². The predicted octanol–water partition coefficient (Wildman–Crippen LogP) is 6.37. The summed E-state index contributed by atoms with van der Waals surface area (Å²) in [5.74, 6) is 0.955. The van der Waals surface area contributed by atoms with Gasteiger partial charge in [-0.2, -0.15) is 11.8 Å². The lowest BCUT2D eigenvalue weighted by Crippen LogP contribution is -2.27. The average molecular weight is 572 g/mol. The number of ketones is 2. The summed E-state index contributed by atoms with van der Waals surface area (Å²) in [4.78, 5) is 45.8. The molecule has 3 aliphatic heterocycles. The SMILES string of the molecule is CC(=O)CCCCC1CC2NC(=O)CC2S1.CC(=O)c1ccccc1-c1c2ccc(=O)cc-2oc2cc(O)ccc12. The highest BCUT2D eigenvalue weighted by Crippen LogP contribution is 2.42. The van der Waals surface area contributed by atoms with Crippen LogP contribution in [0.2, 0.25) is 0 Å². The summed E-state index contributed by atoms with van der Waals surface area (Å²) in [5.41, 5.74) is 3.20. The first kappa shape index (κ1) is 28.6. The number of hydrogen-bond acceptors (Lipinski definition) is 7. The molecule has 1 aliphatic carbocycles. The monoisotopic (exact) mass is 571 g/mol. The van der Waals surface area contributed by atoms with Gasteiger partial charge in [0.2, 0.25) is 5.91 Å². The molecule has 8 heteroatoms. The molecule has 0 radical (unpaired) electrons. The van der Waals surface area contributed by atoms with Gasteiger partial charge in [-0.05, 0) is 62.9 Å². The lowest BCUT2D eigenvalue weighted by atomic mass is 9.90. The second-order valence-corrected chi connectivity index (χ2v) is 12.3. The van der Waals surface area contributed by atoms with Crippen molar-refractivity contribution in [2.24, 2.45) is 0 Å². The number of amides is 1. The Bertz CT molecular complexity index is 1630. The minimum Gasteiger partial charge on any atom is -0.508 e. The Morgan fingerprint density at radius 1 is 1.00 bits per heavy atom. The van der Waals surface area contributed by atoms with Gasteiger partial charge in [0, 0.05) is 63.6 Å². The molecule has 3 unspecified atom stereocenters. The molecular weight excluding hydrogens is 538 g/mol. The van der Waals surface area contributed by atoms with Crippen LogP contribution in [0.5, 0.6) is 5.75 Å². The Balaban J connectivity index is 0.000000182. The second-order valence-electron chi connectivity index (χ2n) is 10.8. The lowest BCUT2D eigenvalue weighted by molar-refractivity contribution is -0.119. The van der Waals surface area contributed by atoms with Crippen molar-refractivity contribution in [1.29, 1.82) is 0 Å². The maximum absolute atomic E-state index is 12.1. The van der Waals surface area contributed by atoms with Crippen molar-refractivity contribution < 1.29 is 23.9 Å². The van der Waals surface area contributed by atoms with Crippen molar-refractivity contribution in [3.05, 3.63) is 76.5 Å². The quantitative estimate of drug-likeness (QED) is 0.150. The molecular formula is C33H33NO6S. The van der Waals surface area contributed by atoms with Crippen LogP contribution in [0, 0.1) is 0 Å². The maximum Gasteiger partial charge on any atom is 0.221 e. The largest absolute Gasteiger partial charge is 0.508 e. The molecule has 3 atom stereocenters. The number of hydrogen-bond donors (Lipinski definition) is 2. The highest BCUT2D eigenvalue weighted by molar-refractivity contribution is 8.00. The molecule has 3 heterocycles. The van der Waals surface area contributed by atoms with Crippen molar-refractivity contribution >= 4 is 40.2 Å². The van der Waals surface area contributed by atoms with Gasteiger partial charge in [0.25, 0.3) is 0 Å². The molecule has 0 saturated carbocycles. The third kappa shape index (κ3) is 6.54. The van der Waals surface area contributed by atoms with Crippen molar-refractivity contribution in [3.63, 3.8) is 0 Å². The predicted molar refractivity (Wildman–Crippen MR) is 162 cm³/mol. The Hall–Kier alpha value is -3.91. The summed E-state index contributed by atoms with van der Waals surface area (Å²) in [6.07, 6.45) is 5.92. The molecule has 2 aromatic rings. The summed E-state index contributed by atoms with van der Waals surface area (Å²) < 4.78 is 5.83. The molecule has 0 spiro atoms. The smallest absolute Gasteiger partial charge is 0.221 e.